The van der Waals surface area contributed by atoms with Crippen LogP contribution in [0.1, 0.15) is 44.6 Å². The third-order valence-corrected chi connectivity index (χ3v) is 5.03. The highest BCUT2D eigenvalue weighted by molar-refractivity contribution is 5.79. The van der Waals surface area contributed by atoms with Crippen molar-refractivity contribution in [3.63, 3.8) is 0 Å². The van der Waals surface area contributed by atoms with E-state index in [0.717, 1.165) is 49.5 Å². The van der Waals surface area contributed by atoms with Crippen LogP contribution in [0.4, 0.5) is 0 Å². The van der Waals surface area contributed by atoms with Gasteiger partial charge in [0.15, 0.2) is 0 Å². The Balaban J connectivity index is 1.47. The van der Waals surface area contributed by atoms with E-state index in [1.807, 2.05) is 7.11 Å². The molecule has 0 radical (unpaired) electrons. The first-order valence-corrected chi connectivity index (χ1v) is 8.46. The molecule has 4 heteroatoms. The summed E-state index contributed by atoms with van der Waals surface area (Å²) in [5, 5.41) is 5.99. The largest absolute Gasteiger partial charge is 0.493 e. The smallest absolute Gasteiger partial charge is 0.121 e. The molecule has 2 aliphatic carbocycles. The Morgan fingerprint density at radius 2 is 1.95 bits per heavy atom. The highest BCUT2D eigenvalue weighted by atomic mass is 16.5. The molecule has 0 bridgehead atoms. The number of hydrogen-bond acceptors (Lipinski definition) is 3. The fourth-order valence-corrected chi connectivity index (χ4v) is 3.34. The molecule has 4 nitrogen and oxygen atoms in total. The van der Waals surface area contributed by atoms with Crippen molar-refractivity contribution in [2.24, 2.45) is 5.92 Å². The van der Waals surface area contributed by atoms with Gasteiger partial charge in [-0.15, -0.1) is 0 Å². The summed E-state index contributed by atoms with van der Waals surface area (Å²) in [7, 11) is 1.82. The number of hydrogen-bond donors (Lipinski definition) is 0. The normalized spacial score (nSPS) is 25.5. The Hall–Kier alpha value is -1.55. The topological polar surface area (TPSA) is 36.3 Å². The summed E-state index contributed by atoms with van der Waals surface area (Å²) < 4.78 is 13.5. The van der Waals surface area contributed by atoms with E-state index in [1.165, 1.54) is 18.2 Å². The van der Waals surface area contributed by atoms with Crippen LogP contribution >= 0.6 is 0 Å². The van der Waals surface area contributed by atoms with Crippen molar-refractivity contribution in [3.8, 4) is 5.75 Å². The van der Waals surface area contributed by atoms with E-state index in [1.54, 1.807) is 0 Å². The molecule has 1 heterocycles. The van der Waals surface area contributed by atoms with E-state index in [0.29, 0.717) is 12.1 Å². The first-order valence-electron chi connectivity index (χ1n) is 8.46. The van der Waals surface area contributed by atoms with E-state index in [-0.39, 0.29) is 0 Å². The Kier molecular flexibility index (Phi) is 3.78. The lowest BCUT2D eigenvalue weighted by Gasteiger charge is -2.27. The number of methoxy groups -OCH3 is 1. The molecular weight excluding hydrogens is 276 g/mol. The van der Waals surface area contributed by atoms with Crippen molar-refractivity contribution >= 4 is 10.9 Å². The van der Waals surface area contributed by atoms with Crippen LogP contribution < -0.4 is 4.74 Å². The highest BCUT2D eigenvalue weighted by Crippen LogP contribution is 2.32. The molecule has 1 aromatic carbocycles. The Bertz CT molecular complexity index is 640. The lowest BCUT2D eigenvalue weighted by Crippen LogP contribution is -2.22. The fourth-order valence-electron chi connectivity index (χ4n) is 3.34. The molecule has 0 saturated heterocycles. The highest BCUT2D eigenvalue weighted by Gasteiger charge is 2.23. The van der Waals surface area contributed by atoms with Gasteiger partial charge in [0.2, 0.25) is 0 Å². The molecule has 0 aliphatic heterocycles. The van der Waals surface area contributed by atoms with E-state index in [2.05, 4.69) is 29.1 Å². The minimum atomic E-state index is 0.434. The average molecular weight is 300 g/mol. The summed E-state index contributed by atoms with van der Waals surface area (Å²) in [5.74, 6) is 1.73. The van der Waals surface area contributed by atoms with Crippen LogP contribution in [-0.2, 0) is 4.74 Å². The second-order valence-electron chi connectivity index (χ2n) is 6.75. The summed E-state index contributed by atoms with van der Waals surface area (Å²) in [6.45, 7) is 0.854. The minimum absolute atomic E-state index is 0.434. The first-order chi connectivity index (χ1) is 10.8. The molecule has 1 aromatic heterocycles. The number of nitrogens with zero attached hydrogens (tertiary/aromatic N) is 2. The minimum Gasteiger partial charge on any atom is -0.493 e. The summed E-state index contributed by atoms with van der Waals surface area (Å²) in [4.78, 5) is 0. The summed E-state index contributed by atoms with van der Waals surface area (Å²) in [5.41, 5.74) is 1.04. The first kappa shape index (κ1) is 14.1. The van der Waals surface area contributed by atoms with E-state index in [4.69, 9.17) is 14.6 Å². The molecule has 2 fully saturated rings. The molecule has 0 atom stereocenters. The predicted octanol–water partition coefficient (Wildman–Crippen LogP) is 3.96. The van der Waals surface area contributed by atoms with Crippen LogP contribution in [0.3, 0.4) is 0 Å². The van der Waals surface area contributed by atoms with Gasteiger partial charge in [0.05, 0.1) is 24.3 Å². The van der Waals surface area contributed by atoms with Crippen LogP contribution in [-0.4, -0.2) is 29.6 Å². The third kappa shape index (κ3) is 2.98. The van der Waals surface area contributed by atoms with Crippen LogP contribution in [0, 0.1) is 5.92 Å². The molecule has 118 valence electrons. The SMILES string of the molecule is CO[C@H]1CC[C@H](n2cc3ccc(OCC4CC4)cc3n2)CC1. The van der Waals surface area contributed by atoms with Gasteiger partial charge >= 0.3 is 0 Å². The van der Waals surface area contributed by atoms with Gasteiger partial charge < -0.3 is 9.47 Å². The molecule has 0 spiro atoms. The molecule has 2 aliphatic rings. The van der Waals surface area contributed by atoms with Crippen LogP contribution in [0.15, 0.2) is 24.4 Å². The summed E-state index contributed by atoms with van der Waals surface area (Å²) in [6, 6.07) is 6.78. The average Bonchev–Trinajstić information content (AvgIpc) is 3.30. The lowest BCUT2D eigenvalue weighted by atomic mass is 9.93. The molecule has 2 aromatic rings. The number of ether oxygens (including phenoxy) is 2. The quantitative estimate of drug-likeness (QED) is 0.838. The van der Waals surface area contributed by atoms with Gasteiger partial charge in [-0.25, -0.2) is 0 Å². The van der Waals surface area contributed by atoms with Crippen LogP contribution in [0.2, 0.25) is 0 Å². The van der Waals surface area contributed by atoms with E-state index >= 15 is 0 Å². The lowest BCUT2D eigenvalue weighted by molar-refractivity contribution is 0.0569. The molecule has 0 N–H and O–H groups in total. The zero-order valence-corrected chi connectivity index (χ0v) is 13.2. The Morgan fingerprint density at radius 1 is 1.14 bits per heavy atom. The Labute approximate surface area is 131 Å². The number of benzene rings is 1. The monoisotopic (exact) mass is 300 g/mol. The maximum Gasteiger partial charge on any atom is 0.121 e. The zero-order valence-electron chi connectivity index (χ0n) is 13.2. The second kappa shape index (κ2) is 5.92. The maximum absolute atomic E-state index is 5.86. The molecular formula is C18H24N2O2. The second-order valence-corrected chi connectivity index (χ2v) is 6.75. The van der Waals surface area contributed by atoms with Crippen molar-refractivity contribution < 1.29 is 9.47 Å². The molecule has 2 saturated carbocycles. The maximum atomic E-state index is 5.86. The Morgan fingerprint density at radius 3 is 2.68 bits per heavy atom. The fraction of sp³-hybridized carbons (Fsp3) is 0.611. The molecule has 0 amide bonds. The van der Waals surface area contributed by atoms with Crippen molar-refractivity contribution in [3.05, 3.63) is 24.4 Å². The number of fused-ring (bicyclic) bond motifs is 1. The van der Waals surface area contributed by atoms with Gasteiger partial charge in [0, 0.05) is 24.8 Å². The third-order valence-electron chi connectivity index (χ3n) is 5.03. The van der Waals surface area contributed by atoms with Gasteiger partial charge in [-0.3, -0.25) is 4.68 Å². The summed E-state index contributed by atoms with van der Waals surface area (Å²) >= 11 is 0. The standard InChI is InChI=1S/C18H24N2O2/c1-21-16-8-5-15(6-9-16)20-11-14-4-7-17(10-18(14)19-20)22-12-13-2-3-13/h4,7,10-11,13,15-16H,2-3,5-6,8-9,12H2,1H3/t15-,16-. The van der Waals surface area contributed by atoms with Gasteiger partial charge in [-0.05, 0) is 56.6 Å². The van der Waals surface area contributed by atoms with Gasteiger partial charge in [0.25, 0.3) is 0 Å². The number of aromatic nitrogens is 2. The van der Waals surface area contributed by atoms with Gasteiger partial charge in [0.1, 0.15) is 5.75 Å². The van der Waals surface area contributed by atoms with Crippen LogP contribution in [0.5, 0.6) is 5.75 Å². The molecule has 0 unspecified atom stereocenters. The van der Waals surface area contributed by atoms with Crippen LogP contribution in [0.25, 0.3) is 10.9 Å². The zero-order chi connectivity index (χ0) is 14.9. The van der Waals surface area contributed by atoms with Crippen molar-refractivity contribution in [2.75, 3.05) is 13.7 Å². The van der Waals surface area contributed by atoms with Crippen molar-refractivity contribution in [1.29, 1.82) is 0 Å². The van der Waals surface area contributed by atoms with E-state index < -0.39 is 0 Å². The molecule has 22 heavy (non-hydrogen) atoms. The van der Waals surface area contributed by atoms with Crippen molar-refractivity contribution in [1.82, 2.24) is 9.78 Å². The number of rotatable bonds is 5. The van der Waals surface area contributed by atoms with Gasteiger partial charge in [-0.1, -0.05) is 0 Å². The van der Waals surface area contributed by atoms with E-state index in [9.17, 15) is 0 Å². The van der Waals surface area contributed by atoms with Crippen molar-refractivity contribution in [2.45, 2.75) is 50.7 Å². The molecule has 4 rings (SSSR count). The predicted molar refractivity (Wildman–Crippen MR) is 86.3 cm³/mol. The summed E-state index contributed by atoms with van der Waals surface area (Å²) in [6.07, 6.45) is 9.82. The van der Waals surface area contributed by atoms with Gasteiger partial charge in [-0.2, -0.15) is 5.10 Å².